The van der Waals surface area contributed by atoms with E-state index in [1.807, 2.05) is 18.5 Å². The second-order valence-electron chi connectivity index (χ2n) is 6.64. The monoisotopic (exact) mass is 371 g/mol. The number of H-pyrrole nitrogens is 1. The molecule has 1 atom stereocenters. The largest absolute Gasteiger partial charge is 0.508 e. The number of benzene rings is 1. The van der Waals surface area contributed by atoms with Crippen LogP contribution in [-0.4, -0.2) is 36.1 Å². The second-order valence-corrected chi connectivity index (χ2v) is 7.08. The van der Waals surface area contributed by atoms with E-state index in [0.29, 0.717) is 11.6 Å². The van der Waals surface area contributed by atoms with Crippen molar-refractivity contribution in [1.29, 1.82) is 0 Å². The molecule has 4 rings (SSSR count). The number of nitrogens with one attached hydrogen (secondary N) is 1. The van der Waals surface area contributed by atoms with E-state index in [1.54, 1.807) is 18.5 Å². The van der Waals surface area contributed by atoms with E-state index in [9.17, 15) is 5.11 Å². The van der Waals surface area contributed by atoms with Crippen molar-refractivity contribution >= 4 is 11.6 Å². The Hall–Kier alpha value is -2.31. The van der Waals surface area contributed by atoms with Gasteiger partial charge in [0.25, 0.3) is 0 Å². The normalized spacial score (nSPS) is 17.4. The molecule has 2 aromatic heterocycles. The highest BCUT2D eigenvalue weighted by Crippen LogP contribution is 2.35. The molecule has 0 fully saturated rings. The zero-order valence-corrected chi connectivity index (χ0v) is 15.4. The van der Waals surface area contributed by atoms with Crippen LogP contribution in [0.15, 0.2) is 36.9 Å². The first kappa shape index (κ1) is 17.1. The lowest BCUT2D eigenvalue weighted by molar-refractivity contribution is 0.187. The van der Waals surface area contributed by atoms with Gasteiger partial charge < -0.3 is 14.7 Å². The number of hydrogen-bond donors (Lipinski definition) is 2. The lowest BCUT2D eigenvalue weighted by Gasteiger charge is -2.35. The summed E-state index contributed by atoms with van der Waals surface area (Å²) in [6, 6.07) is 5.12. The van der Waals surface area contributed by atoms with Gasteiger partial charge >= 0.3 is 0 Å². The number of rotatable bonds is 5. The van der Waals surface area contributed by atoms with Crippen LogP contribution >= 0.6 is 11.6 Å². The summed E-state index contributed by atoms with van der Waals surface area (Å²) in [6.07, 6.45) is 7.56. The van der Waals surface area contributed by atoms with Crippen molar-refractivity contribution in [1.82, 2.24) is 24.4 Å². The minimum Gasteiger partial charge on any atom is -0.508 e. The predicted molar refractivity (Wildman–Crippen MR) is 100 cm³/mol. The van der Waals surface area contributed by atoms with E-state index in [4.69, 9.17) is 11.6 Å². The zero-order valence-electron chi connectivity index (χ0n) is 14.7. The maximum absolute atomic E-state index is 10.2. The van der Waals surface area contributed by atoms with E-state index in [2.05, 4.69) is 31.3 Å². The maximum atomic E-state index is 10.2. The Morgan fingerprint density at radius 1 is 1.35 bits per heavy atom. The third-order valence-corrected chi connectivity index (χ3v) is 5.13. The number of aromatic hydroxyl groups is 1. The van der Waals surface area contributed by atoms with Crippen molar-refractivity contribution < 1.29 is 5.11 Å². The van der Waals surface area contributed by atoms with Crippen LogP contribution in [0.1, 0.15) is 42.2 Å². The third kappa shape index (κ3) is 3.10. The zero-order chi connectivity index (χ0) is 18.1. The molecule has 0 saturated carbocycles. The summed E-state index contributed by atoms with van der Waals surface area (Å²) in [7, 11) is 0. The molecule has 1 aliphatic rings. The first-order valence-electron chi connectivity index (χ1n) is 8.92. The van der Waals surface area contributed by atoms with Gasteiger partial charge in [-0.25, -0.2) is 9.97 Å². The van der Waals surface area contributed by atoms with Gasteiger partial charge in [-0.15, -0.1) is 0 Å². The molecule has 1 unspecified atom stereocenters. The van der Waals surface area contributed by atoms with Gasteiger partial charge in [-0.2, -0.15) is 0 Å². The number of phenols is 1. The smallest absolute Gasteiger partial charge is 0.132 e. The fraction of sp³-hybridized carbons (Fsp3) is 0.368. The van der Waals surface area contributed by atoms with Crippen molar-refractivity contribution in [3.8, 4) is 5.75 Å². The van der Waals surface area contributed by atoms with Gasteiger partial charge in [-0.05, 0) is 24.6 Å². The number of aromatic amines is 1. The number of imidazole rings is 2. The second kappa shape index (κ2) is 7.13. The highest BCUT2D eigenvalue weighted by Gasteiger charge is 2.34. The number of aromatic nitrogens is 4. The summed E-state index contributed by atoms with van der Waals surface area (Å²) in [5, 5.41) is 10.9. The lowest BCUT2D eigenvalue weighted by Crippen LogP contribution is -2.37. The Kier molecular flexibility index (Phi) is 4.70. The average Bonchev–Trinajstić information content (AvgIpc) is 3.27. The van der Waals surface area contributed by atoms with Crippen molar-refractivity contribution in [3.63, 3.8) is 0 Å². The Morgan fingerprint density at radius 2 is 2.23 bits per heavy atom. The van der Waals surface area contributed by atoms with Crippen molar-refractivity contribution in [2.45, 2.75) is 38.9 Å². The van der Waals surface area contributed by atoms with Crippen molar-refractivity contribution in [3.05, 3.63) is 64.7 Å². The lowest BCUT2D eigenvalue weighted by atomic mass is 10.0. The van der Waals surface area contributed by atoms with Crippen LogP contribution in [0.2, 0.25) is 5.02 Å². The maximum Gasteiger partial charge on any atom is 0.132 e. The van der Waals surface area contributed by atoms with Gasteiger partial charge in [-0.3, -0.25) is 4.90 Å². The molecule has 7 heteroatoms. The van der Waals surface area contributed by atoms with Gasteiger partial charge in [0.1, 0.15) is 17.6 Å². The topological polar surface area (TPSA) is 70.0 Å². The summed E-state index contributed by atoms with van der Waals surface area (Å²) in [5.74, 6) is 1.25. The molecule has 2 N–H and O–H groups in total. The highest BCUT2D eigenvalue weighted by atomic mass is 35.5. The molecule has 3 heterocycles. The fourth-order valence-electron chi connectivity index (χ4n) is 3.68. The summed E-state index contributed by atoms with van der Waals surface area (Å²) in [5.41, 5.74) is 2.99. The quantitative estimate of drug-likeness (QED) is 0.719. The SMILES string of the molecule is CCCn1ccnc1C1c2nc[nH]c2CCN1Cc1cc(Cl)ccc1O. The van der Waals surface area contributed by atoms with Gasteiger partial charge in [0, 0.05) is 54.7 Å². The number of fused-ring (bicyclic) bond motifs is 1. The van der Waals surface area contributed by atoms with Crippen LogP contribution in [-0.2, 0) is 19.5 Å². The first-order valence-corrected chi connectivity index (χ1v) is 9.29. The molecule has 0 amide bonds. The first-order chi connectivity index (χ1) is 12.7. The third-order valence-electron chi connectivity index (χ3n) is 4.90. The van der Waals surface area contributed by atoms with Crippen LogP contribution < -0.4 is 0 Å². The van der Waals surface area contributed by atoms with Crippen LogP contribution in [0.4, 0.5) is 0 Å². The van der Waals surface area contributed by atoms with Crippen LogP contribution in [0, 0.1) is 0 Å². The van der Waals surface area contributed by atoms with Gasteiger partial charge in [-0.1, -0.05) is 18.5 Å². The molecule has 0 spiro atoms. The molecule has 3 aromatic rings. The van der Waals surface area contributed by atoms with Crippen LogP contribution in [0.25, 0.3) is 0 Å². The van der Waals surface area contributed by atoms with Crippen LogP contribution in [0.5, 0.6) is 5.75 Å². The number of aryl methyl sites for hydroxylation is 1. The molecule has 6 nitrogen and oxygen atoms in total. The molecule has 0 bridgehead atoms. The number of hydrogen-bond acceptors (Lipinski definition) is 4. The number of nitrogens with zero attached hydrogens (tertiary/aromatic N) is 4. The summed E-state index contributed by atoms with van der Waals surface area (Å²) < 4.78 is 2.19. The number of phenolic OH excluding ortho intramolecular Hbond substituents is 1. The summed E-state index contributed by atoms with van der Waals surface area (Å²) >= 11 is 6.14. The molecule has 136 valence electrons. The van der Waals surface area contributed by atoms with Gasteiger partial charge in [0.05, 0.1) is 12.0 Å². The Morgan fingerprint density at radius 3 is 3.08 bits per heavy atom. The molecule has 0 radical (unpaired) electrons. The summed E-state index contributed by atoms with van der Waals surface area (Å²) in [6.45, 7) is 4.52. The highest BCUT2D eigenvalue weighted by molar-refractivity contribution is 6.30. The minimum absolute atomic E-state index is 0.0510. The van der Waals surface area contributed by atoms with E-state index in [1.165, 1.54) is 0 Å². The van der Waals surface area contributed by atoms with Crippen molar-refractivity contribution in [2.75, 3.05) is 6.54 Å². The fourth-order valence-corrected chi connectivity index (χ4v) is 3.87. The number of halogens is 1. The molecule has 1 aromatic carbocycles. The van der Waals surface area contributed by atoms with Gasteiger partial charge in [0.2, 0.25) is 0 Å². The Balaban J connectivity index is 1.73. The van der Waals surface area contributed by atoms with E-state index in [-0.39, 0.29) is 11.8 Å². The van der Waals surface area contributed by atoms with Crippen LogP contribution in [0.3, 0.4) is 0 Å². The summed E-state index contributed by atoms with van der Waals surface area (Å²) in [4.78, 5) is 14.8. The minimum atomic E-state index is -0.0510. The van der Waals surface area contributed by atoms with E-state index in [0.717, 1.165) is 48.7 Å². The van der Waals surface area contributed by atoms with Crippen molar-refractivity contribution in [2.24, 2.45) is 0 Å². The molecule has 26 heavy (non-hydrogen) atoms. The average molecular weight is 372 g/mol. The van der Waals surface area contributed by atoms with Gasteiger partial charge in [0.15, 0.2) is 0 Å². The predicted octanol–water partition coefficient (Wildman–Crippen LogP) is 3.52. The molecule has 0 aliphatic carbocycles. The standard InChI is InChI=1S/C19H22ClN5O/c1-2-7-24-9-6-21-19(24)18-17-15(22-12-23-17)5-8-25(18)11-13-10-14(20)3-4-16(13)26/h3-4,6,9-10,12,18,26H,2,5,7-8,11H2,1H3,(H,22,23). The van der Waals surface area contributed by atoms with E-state index >= 15 is 0 Å². The molecular formula is C19H22ClN5O. The molecular weight excluding hydrogens is 350 g/mol. The molecule has 1 aliphatic heterocycles. The Bertz CT molecular complexity index is 903. The van der Waals surface area contributed by atoms with E-state index < -0.39 is 0 Å². The Labute approximate surface area is 157 Å². The molecule has 0 saturated heterocycles.